The van der Waals surface area contributed by atoms with Crippen LogP contribution >= 0.6 is 0 Å². The maximum absolute atomic E-state index is 11.3. The number of nitrogens with zero attached hydrogens (tertiary/aromatic N) is 2. The SMILES string of the molecule is CCCNCC(=O)Nc1ccnn1C. The van der Waals surface area contributed by atoms with E-state index in [2.05, 4.69) is 22.7 Å². The fourth-order valence-electron chi connectivity index (χ4n) is 1.06. The highest BCUT2D eigenvalue weighted by Gasteiger charge is 2.03. The first-order valence-corrected chi connectivity index (χ1v) is 4.72. The fraction of sp³-hybridized carbons (Fsp3) is 0.556. The maximum Gasteiger partial charge on any atom is 0.239 e. The van der Waals surface area contributed by atoms with Crippen molar-refractivity contribution >= 4 is 11.7 Å². The maximum atomic E-state index is 11.3. The van der Waals surface area contributed by atoms with E-state index in [4.69, 9.17) is 0 Å². The molecule has 0 spiro atoms. The zero-order valence-electron chi connectivity index (χ0n) is 8.58. The summed E-state index contributed by atoms with van der Waals surface area (Å²) >= 11 is 0. The summed E-state index contributed by atoms with van der Waals surface area (Å²) in [5, 5.41) is 9.72. The van der Waals surface area contributed by atoms with E-state index >= 15 is 0 Å². The first-order valence-electron chi connectivity index (χ1n) is 4.72. The lowest BCUT2D eigenvalue weighted by Crippen LogP contribution is -2.29. The van der Waals surface area contributed by atoms with Crippen molar-refractivity contribution in [1.29, 1.82) is 0 Å². The molecule has 5 heteroatoms. The second-order valence-corrected chi connectivity index (χ2v) is 3.07. The van der Waals surface area contributed by atoms with Gasteiger partial charge in [0, 0.05) is 13.1 Å². The zero-order chi connectivity index (χ0) is 10.4. The minimum atomic E-state index is -0.0398. The molecule has 0 unspecified atom stereocenters. The first kappa shape index (κ1) is 10.7. The summed E-state index contributed by atoms with van der Waals surface area (Å²) in [5.74, 6) is 0.676. The summed E-state index contributed by atoms with van der Waals surface area (Å²) in [5.41, 5.74) is 0. The van der Waals surface area contributed by atoms with Crippen LogP contribution in [0.15, 0.2) is 12.3 Å². The van der Waals surface area contributed by atoms with Gasteiger partial charge >= 0.3 is 0 Å². The van der Waals surface area contributed by atoms with Crippen molar-refractivity contribution < 1.29 is 4.79 Å². The number of hydrogen-bond acceptors (Lipinski definition) is 3. The third-order valence-corrected chi connectivity index (χ3v) is 1.80. The molecule has 0 radical (unpaired) electrons. The summed E-state index contributed by atoms with van der Waals surface area (Å²) in [7, 11) is 1.79. The van der Waals surface area contributed by atoms with Gasteiger partial charge in [0.25, 0.3) is 0 Å². The van der Waals surface area contributed by atoms with Crippen LogP contribution in [-0.4, -0.2) is 28.8 Å². The van der Waals surface area contributed by atoms with Gasteiger partial charge in [-0.3, -0.25) is 9.48 Å². The van der Waals surface area contributed by atoms with Gasteiger partial charge in [0.2, 0.25) is 5.91 Å². The van der Waals surface area contributed by atoms with Gasteiger partial charge in [-0.25, -0.2) is 0 Å². The van der Waals surface area contributed by atoms with Crippen LogP contribution in [0, 0.1) is 0 Å². The van der Waals surface area contributed by atoms with Crippen LogP contribution < -0.4 is 10.6 Å². The summed E-state index contributed by atoms with van der Waals surface area (Å²) in [4.78, 5) is 11.3. The quantitative estimate of drug-likeness (QED) is 0.668. The van der Waals surface area contributed by atoms with Gasteiger partial charge in [-0.05, 0) is 13.0 Å². The van der Waals surface area contributed by atoms with Crippen molar-refractivity contribution in [3.05, 3.63) is 12.3 Å². The highest BCUT2D eigenvalue weighted by molar-refractivity contribution is 5.91. The molecule has 0 aliphatic rings. The second kappa shape index (κ2) is 5.39. The van der Waals surface area contributed by atoms with Crippen LogP contribution in [0.3, 0.4) is 0 Å². The van der Waals surface area contributed by atoms with Gasteiger partial charge in [0.05, 0.1) is 12.7 Å². The highest BCUT2D eigenvalue weighted by atomic mass is 16.2. The van der Waals surface area contributed by atoms with Crippen molar-refractivity contribution in [2.75, 3.05) is 18.4 Å². The number of aryl methyl sites for hydroxylation is 1. The average Bonchev–Trinajstić information content (AvgIpc) is 2.52. The van der Waals surface area contributed by atoms with Gasteiger partial charge in [-0.1, -0.05) is 6.92 Å². The summed E-state index contributed by atoms with van der Waals surface area (Å²) in [6.07, 6.45) is 2.67. The van der Waals surface area contributed by atoms with Crippen molar-refractivity contribution in [1.82, 2.24) is 15.1 Å². The van der Waals surface area contributed by atoms with Crippen LogP contribution in [0.4, 0.5) is 5.82 Å². The van der Waals surface area contributed by atoms with E-state index in [0.29, 0.717) is 12.4 Å². The summed E-state index contributed by atoms with van der Waals surface area (Å²) < 4.78 is 1.62. The van der Waals surface area contributed by atoms with Crippen molar-refractivity contribution in [3.8, 4) is 0 Å². The Labute approximate surface area is 83.5 Å². The lowest BCUT2D eigenvalue weighted by atomic mass is 10.4. The molecule has 1 aromatic heterocycles. The van der Waals surface area contributed by atoms with Crippen LogP contribution in [0.1, 0.15) is 13.3 Å². The van der Waals surface area contributed by atoms with E-state index in [-0.39, 0.29) is 5.91 Å². The predicted molar refractivity (Wildman–Crippen MR) is 55.0 cm³/mol. The van der Waals surface area contributed by atoms with E-state index in [1.54, 1.807) is 24.0 Å². The monoisotopic (exact) mass is 196 g/mol. The minimum absolute atomic E-state index is 0.0398. The average molecular weight is 196 g/mol. The molecule has 78 valence electrons. The van der Waals surface area contributed by atoms with Gasteiger partial charge in [0.15, 0.2) is 0 Å². The van der Waals surface area contributed by atoms with Crippen molar-refractivity contribution in [2.45, 2.75) is 13.3 Å². The number of nitrogens with one attached hydrogen (secondary N) is 2. The Morgan fingerprint density at radius 2 is 2.43 bits per heavy atom. The summed E-state index contributed by atoms with van der Waals surface area (Å²) in [6.45, 7) is 3.27. The van der Waals surface area contributed by atoms with Crippen LogP contribution in [0.2, 0.25) is 0 Å². The molecule has 0 saturated carbocycles. The zero-order valence-corrected chi connectivity index (χ0v) is 8.58. The van der Waals surface area contributed by atoms with E-state index in [9.17, 15) is 4.79 Å². The lowest BCUT2D eigenvalue weighted by Gasteiger charge is -2.05. The first-order chi connectivity index (χ1) is 6.74. The normalized spacial score (nSPS) is 10.1. The molecule has 0 aliphatic carbocycles. The highest BCUT2D eigenvalue weighted by Crippen LogP contribution is 2.01. The van der Waals surface area contributed by atoms with Gasteiger partial charge in [-0.2, -0.15) is 5.10 Å². The molecule has 0 aliphatic heterocycles. The Balaban J connectivity index is 2.31. The molecule has 0 saturated heterocycles. The van der Waals surface area contributed by atoms with E-state index in [0.717, 1.165) is 13.0 Å². The van der Waals surface area contributed by atoms with Crippen molar-refractivity contribution in [3.63, 3.8) is 0 Å². The van der Waals surface area contributed by atoms with Gasteiger partial charge in [0.1, 0.15) is 5.82 Å². The van der Waals surface area contributed by atoms with Crippen LogP contribution in [-0.2, 0) is 11.8 Å². The van der Waals surface area contributed by atoms with E-state index in [1.807, 2.05) is 0 Å². The number of carbonyl (C=O) groups is 1. The molecule has 5 nitrogen and oxygen atoms in total. The molecule has 1 rings (SSSR count). The number of anilines is 1. The Bertz CT molecular complexity index is 295. The molecule has 0 bridgehead atoms. The molecule has 0 atom stereocenters. The number of rotatable bonds is 5. The second-order valence-electron chi connectivity index (χ2n) is 3.07. The Hall–Kier alpha value is -1.36. The molecule has 1 aromatic rings. The Morgan fingerprint density at radius 3 is 3.00 bits per heavy atom. The molecule has 0 fully saturated rings. The molecule has 14 heavy (non-hydrogen) atoms. The number of carbonyl (C=O) groups excluding carboxylic acids is 1. The smallest absolute Gasteiger partial charge is 0.239 e. The minimum Gasteiger partial charge on any atom is -0.310 e. The molecular formula is C9H16N4O. The van der Waals surface area contributed by atoms with Crippen LogP contribution in [0.5, 0.6) is 0 Å². The van der Waals surface area contributed by atoms with Crippen molar-refractivity contribution in [2.24, 2.45) is 7.05 Å². The topological polar surface area (TPSA) is 59.0 Å². The number of aromatic nitrogens is 2. The standard InChI is InChI=1S/C9H16N4O/c1-3-5-10-7-9(14)12-8-4-6-11-13(8)2/h4,6,10H,3,5,7H2,1-2H3,(H,12,14). The fourth-order valence-corrected chi connectivity index (χ4v) is 1.06. The Kier molecular flexibility index (Phi) is 4.12. The Morgan fingerprint density at radius 1 is 1.64 bits per heavy atom. The van der Waals surface area contributed by atoms with Gasteiger partial charge in [-0.15, -0.1) is 0 Å². The predicted octanol–water partition coefficient (Wildman–Crippen LogP) is 0.358. The van der Waals surface area contributed by atoms with E-state index in [1.165, 1.54) is 0 Å². The lowest BCUT2D eigenvalue weighted by molar-refractivity contribution is -0.115. The third-order valence-electron chi connectivity index (χ3n) is 1.80. The molecule has 1 amide bonds. The van der Waals surface area contributed by atoms with Crippen LogP contribution in [0.25, 0.3) is 0 Å². The number of hydrogen-bond donors (Lipinski definition) is 2. The third kappa shape index (κ3) is 3.18. The molecule has 2 N–H and O–H groups in total. The largest absolute Gasteiger partial charge is 0.310 e. The van der Waals surface area contributed by atoms with Gasteiger partial charge < -0.3 is 10.6 Å². The number of amides is 1. The summed E-state index contributed by atoms with van der Waals surface area (Å²) in [6, 6.07) is 1.76. The molecule has 0 aromatic carbocycles. The molecule has 1 heterocycles. The molecular weight excluding hydrogens is 180 g/mol. The van der Waals surface area contributed by atoms with E-state index < -0.39 is 0 Å².